The lowest BCUT2D eigenvalue weighted by atomic mass is 10.2. The van der Waals surface area contributed by atoms with Crippen LogP contribution in [0.25, 0.3) is 0 Å². The van der Waals surface area contributed by atoms with Crippen LogP contribution in [0.1, 0.15) is 5.56 Å². The van der Waals surface area contributed by atoms with Gasteiger partial charge >= 0.3 is 5.97 Å². The molecule has 0 spiro atoms. The number of hydrogen-bond acceptors (Lipinski definition) is 4. The van der Waals surface area contributed by atoms with Gasteiger partial charge in [-0.25, -0.2) is 4.79 Å². The third-order valence-electron chi connectivity index (χ3n) is 2.14. The summed E-state index contributed by atoms with van der Waals surface area (Å²) in [6.45, 7) is 0.157. The molecule has 1 aromatic rings. The number of nitrogens with one attached hydrogen (secondary N) is 1. The number of nitrogens with zero attached hydrogens (tertiary/aromatic N) is 1. The van der Waals surface area contributed by atoms with E-state index in [1.54, 1.807) is 18.2 Å². The Morgan fingerprint density at radius 1 is 1.71 bits per heavy atom. The fraction of sp³-hybridized carbons (Fsp3) is 0.273. The van der Waals surface area contributed by atoms with E-state index < -0.39 is 12.1 Å². The van der Waals surface area contributed by atoms with E-state index in [2.05, 4.69) is 21.2 Å². The molecule has 2 N–H and O–H groups in total. The Labute approximate surface area is 107 Å². The van der Waals surface area contributed by atoms with Gasteiger partial charge in [0.2, 0.25) is 0 Å². The lowest BCUT2D eigenvalue weighted by Crippen LogP contribution is -2.30. The molecule has 0 bridgehead atoms. The molecule has 0 saturated heterocycles. The molecule has 1 unspecified atom stereocenters. The zero-order valence-electron chi connectivity index (χ0n) is 9.11. The molecule has 1 rings (SSSR count). The molecular formula is C11H11BrN2O3. The Hall–Kier alpha value is -1.58. The van der Waals surface area contributed by atoms with Crippen molar-refractivity contribution in [3.8, 4) is 6.07 Å². The maximum atomic E-state index is 10.7. The maximum absolute atomic E-state index is 10.7. The predicted molar refractivity (Wildman–Crippen MR) is 65.8 cm³/mol. The highest BCUT2D eigenvalue weighted by Gasteiger charge is 2.15. The van der Waals surface area contributed by atoms with Crippen LogP contribution >= 0.6 is 15.9 Å². The molecule has 0 aliphatic rings. The molecule has 5 nitrogen and oxygen atoms in total. The fourth-order valence-electron chi connectivity index (χ4n) is 1.20. The lowest BCUT2D eigenvalue weighted by molar-refractivity contribution is -0.147. The molecule has 0 aromatic heterocycles. The van der Waals surface area contributed by atoms with Crippen molar-refractivity contribution >= 4 is 27.6 Å². The van der Waals surface area contributed by atoms with Crippen LogP contribution in [0.5, 0.6) is 0 Å². The number of hydrogen-bond donors (Lipinski definition) is 2. The third kappa shape index (κ3) is 3.73. The van der Waals surface area contributed by atoms with Crippen LogP contribution in [-0.4, -0.2) is 30.8 Å². The molecular weight excluding hydrogens is 288 g/mol. The minimum atomic E-state index is -1.02. The smallest absolute Gasteiger partial charge is 0.334 e. The van der Waals surface area contributed by atoms with Crippen molar-refractivity contribution < 1.29 is 14.6 Å². The second-order valence-corrected chi connectivity index (χ2v) is 4.10. The van der Waals surface area contributed by atoms with Crippen molar-refractivity contribution in [2.75, 3.05) is 19.0 Å². The molecule has 17 heavy (non-hydrogen) atoms. The van der Waals surface area contributed by atoms with Gasteiger partial charge in [0.05, 0.1) is 12.1 Å². The predicted octanol–water partition coefficient (Wildman–Crippen LogP) is 1.83. The van der Waals surface area contributed by atoms with Crippen LogP contribution in [0.15, 0.2) is 22.7 Å². The number of carboxylic acid groups (broad SMARTS) is 1. The van der Waals surface area contributed by atoms with Gasteiger partial charge in [0, 0.05) is 17.3 Å². The minimum absolute atomic E-state index is 0.157. The van der Waals surface area contributed by atoms with Gasteiger partial charge in [0.25, 0.3) is 0 Å². The topological polar surface area (TPSA) is 82.3 Å². The van der Waals surface area contributed by atoms with Crippen LogP contribution < -0.4 is 5.32 Å². The number of carboxylic acids is 1. The quantitative estimate of drug-likeness (QED) is 0.866. The molecule has 0 fully saturated rings. The highest BCUT2D eigenvalue weighted by molar-refractivity contribution is 9.10. The lowest BCUT2D eigenvalue weighted by Gasteiger charge is -2.12. The average molecular weight is 299 g/mol. The molecule has 0 radical (unpaired) electrons. The third-order valence-corrected chi connectivity index (χ3v) is 2.80. The van der Waals surface area contributed by atoms with E-state index in [9.17, 15) is 4.79 Å². The maximum Gasteiger partial charge on any atom is 0.334 e. The molecule has 0 saturated carbocycles. The summed E-state index contributed by atoms with van der Waals surface area (Å²) in [6.07, 6.45) is -0.899. The van der Waals surface area contributed by atoms with Gasteiger partial charge in [-0.05, 0) is 34.1 Å². The van der Waals surface area contributed by atoms with Gasteiger partial charge in [0.1, 0.15) is 6.07 Å². The number of ether oxygens (including phenoxy) is 1. The number of benzene rings is 1. The van der Waals surface area contributed by atoms with E-state index in [-0.39, 0.29) is 6.54 Å². The van der Waals surface area contributed by atoms with Crippen molar-refractivity contribution in [3.63, 3.8) is 0 Å². The minimum Gasteiger partial charge on any atom is -0.479 e. The van der Waals surface area contributed by atoms with Gasteiger partial charge in [0.15, 0.2) is 6.10 Å². The van der Waals surface area contributed by atoms with E-state index in [1.165, 1.54) is 7.11 Å². The molecule has 90 valence electrons. The molecule has 1 aromatic carbocycles. The largest absolute Gasteiger partial charge is 0.479 e. The summed E-state index contributed by atoms with van der Waals surface area (Å²) < 4.78 is 5.44. The molecule has 0 aliphatic heterocycles. The Kier molecular flexibility index (Phi) is 4.94. The van der Waals surface area contributed by atoms with E-state index in [0.717, 1.165) is 5.69 Å². The summed E-state index contributed by atoms with van der Waals surface area (Å²) >= 11 is 3.25. The average Bonchev–Trinajstić information content (AvgIpc) is 2.29. The summed E-state index contributed by atoms with van der Waals surface area (Å²) in [4.78, 5) is 10.7. The van der Waals surface area contributed by atoms with Crippen LogP contribution in [-0.2, 0) is 9.53 Å². The highest BCUT2D eigenvalue weighted by Crippen LogP contribution is 2.20. The van der Waals surface area contributed by atoms with Crippen molar-refractivity contribution in [3.05, 3.63) is 28.2 Å². The summed E-state index contributed by atoms with van der Waals surface area (Å²) in [6, 6.07) is 7.09. The molecule has 0 amide bonds. The number of nitriles is 1. The van der Waals surface area contributed by atoms with Crippen molar-refractivity contribution in [2.45, 2.75) is 6.10 Å². The normalized spacial score (nSPS) is 11.6. The van der Waals surface area contributed by atoms with Gasteiger partial charge in [-0.1, -0.05) is 0 Å². The van der Waals surface area contributed by atoms with Gasteiger partial charge in [-0.3, -0.25) is 0 Å². The van der Waals surface area contributed by atoms with Crippen molar-refractivity contribution in [2.24, 2.45) is 0 Å². The van der Waals surface area contributed by atoms with Crippen LogP contribution in [0.2, 0.25) is 0 Å². The summed E-state index contributed by atoms with van der Waals surface area (Å²) in [5.74, 6) is -1.02. The number of halogens is 1. The Balaban J connectivity index is 2.67. The first-order chi connectivity index (χ1) is 8.08. The van der Waals surface area contributed by atoms with Crippen LogP contribution in [0.3, 0.4) is 0 Å². The SMILES string of the molecule is COC(CNc1ccc(C#N)c(Br)c1)C(=O)O. The Bertz CT molecular complexity index is 457. The van der Waals surface area contributed by atoms with E-state index in [0.29, 0.717) is 10.0 Å². The van der Waals surface area contributed by atoms with Gasteiger partial charge < -0.3 is 15.2 Å². The van der Waals surface area contributed by atoms with E-state index in [1.807, 2.05) is 6.07 Å². The second-order valence-electron chi connectivity index (χ2n) is 3.25. The highest BCUT2D eigenvalue weighted by atomic mass is 79.9. The molecule has 6 heteroatoms. The number of methoxy groups -OCH3 is 1. The second kappa shape index (κ2) is 6.23. The first-order valence-electron chi connectivity index (χ1n) is 4.77. The molecule has 0 aliphatic carbocycles. The first-order valence-corrected chi connectivity index (χ1v) is 5.57. The van der Waals surface area contributed by atoms with Crippen LogP contribution in [0, 0.1) is 11.3 Å². The zero-order valence-corrected chi connectivity index (χ0v) is 10.7. The standard InChI is InChI=1S/C11H11BrN2O3/c1-17-10(11(15)16)6-14-8-3-2-7(5-13)9(12)4-8/h2-4,10,14H,6H2,1H3,(H,15,16). The number of aliphatic carboxylic acids is 1. The number of carbonyl (C=O) groups is 1. The molecule has 1 atom stereocenters. The Morgan fingerprint density at radius 3 is 2.88 bits per heavy atom. The van der Waals surface area contributed by atoms with E-state index >= 15 is 0 Å². The van der Waals surface area contributed by atoms with E-state index in [4.69, 9.17) is 15.1 Å². The fourth-order valence-corrected chi connectivity index (χ4v) is 1.67. The van der Waals surface area contributed by atoms with Crippen LogP contribution in [0.4, 0.5) is 5.69 Å². The Morgan fingerprint density at radius 2 is 2.41 bits per heavy atom. The summed E-state index contributed by atoms with van der Waals surface area (Å²) in [7, 11) is 1.34. The zero-order chi connectivity index (χ0) is 12.8. The van der Waals surface area contributed by atoms with Gasteiger partial charge in [-0.2, -0.15) is 5.26 Å². The van der Waals surface area contributed by atoms with Crippen molar-refractivity contribution in [1.82, 2.24) is 0 Å². The van der Waals surface area contributed by atoms with Crippen molar-refractivity contribution in [1.29, 1.82) is 5.26 Å². The first kappa shape index (κ1) is 13.5. The summed E-state index contributed by atoms with van der Waals surface area (Å²) in [5.41, 5.74) is 1.25. The molecule has 0 heterocycles. The monoisotopic (exact) mass is 298 g/mol. The van der Waals surface area contributed by atoms with Gasteiger partial charge in [-0.15, -0.1) is 0 Å². The summed E-state index contributed by atoms with van der Waals surface area (Å²) in [5, 5.41) is 20.4. The number of anilines is 1. The number of rotatable bonds is 5.